The van der Waals surface area contributed by atoms with Crippen LogP contribution in [0.2, 0.25) is 0 Å². The summed E-state index contributed by atoms with van der Waals surface area (Å²) in [5, 5.41) is 12.5. The third-order valence-corrected chi connectivity index (χ3v) is 6.14. The van der Waals surface area contributed by atoms with Crippen LogP contribution in [0.1, 0.15) is 54.5 Å². The van der Waals surface area contributed by atoms with Crippen molar-refractivity contribution in [2.24, 2.45) is 0 Å². The molecule has 4 rings (SSSR count). The molecule has 3 aromatic rings. The lowest BCUT2D eigenvalue weighted by Crippen LogP contribution is -2.18. The Hall–Kier alpha value is -3.25. The topological polar surface area (TPSA) is 84.3 Å². The number of carboxylic acid groups (broad SMARTS) is 1. The van der Waals surface area contributed by atoms with Gasteiger partial charge in [0.05, 0.1) is 18.7 Å². The minimum absolute atomic E-state index is 0.133. The summed E-state index contributed by atoms with van der Waals surface area (Å²) < 4.78 is 5.91. The highest BCUT2D eigenvalue weighted by molar-refractivity contribution is 5.68. The number of hydrogen-bond acceptors (Lipinski definition) is 5. The Labute approximate surface area is 195 Å². The first-order valence-corrected chi connectivity index (χ1v) is 11.7. The summed E-state index contributed by atoms with van der Waals surface area (Å²) >= 11 is 0. The minimum Gasteiger partial charge on any atom is -0.494 e. The van der Waals surface area contributed by atoms with Crippen molar-refractivity contribution < 1.29 is 14.6 Å². The van der Waals surface area contributed by atoms with Gasteiger partial charge in [-0.1, -0.05) is 37.3 Å². The molecule has 172 valence electrons. The van der Waals surface area contributed by atoms with Crippen LogP contribution in [0.4, 0.5) is 0 Å². The molecule has 6 heteroatoms. The number of nitrogens with one attached hydrogen (secondary N) is 1. The van der Waals surface area contributed by atoms with Gasteiger partial charge in [0.2, 0.25) is 0 Å². The van der Waals surface area contributed by atoms with Crippen LogP contribution in [0.3, 0.4) is 0 Å². The van der Waals surface area contributed by atoms with Crippen LogP contribution in [-0.4, -0.2) is 34.2 Å². The van der Waals surface area contributed by atoms with Crippen molar-refractivity contribution in [1.29, 1.82) is 0 Å². The number of fused-ring (bicyclic) bond motifs is 1. The Morgan fingerprint density at radius 2 is 2.03 bits per heavy atom. The molecule has 6 nitrogen and oxygen atoms in total. The maximum Gasteiger partial charge on any atom is 0.303 e. The standard InChI is InChI=1S/C27H31N3O3/c1-2-19-4-6-20(7-5-19)27-29-14-12-23(30-27)18-28-13-3-15-33-24-10-11-25-21(16-24)8-9-22(25)17-26(31)32/h4-7,10-12,14,16,22,28H,2-3,8-9,13,15,17-18H2,1H3,(H,31,32)/t22-/m0/s1. The van der Waals surface area contributed by atoms with Crippen LogP contribution in [0.15, 0.2) is 54.7 Å². The second-order valence-corrected chi connectivity index (χ2v) is 8.49. The maximum atomic E-state index is 11.0. The SMILES string of the molecule is CCc1ccc(-c2nccc(CNCCCOc3ccc4c(c3)CC[C@H]4CC(=O)O)n2)cc1. The summed E-state index contributed by atoms with van der Waals surface area (Å²) in [6.45, 7) is 4.29. The van der Waals surface area contributed by atoms with E-state index in [0.717, 1.165) is 60.6 Å². The van der Waals surface area contributed by atoms with Crippen molar-refractivity contribution in [3.05, 3.63) is 77.1 Å². The van der Waals surface area contributed by atoms with E-state index in [1.54, 1.807) is 0 Å². The molecule has 0 unspecified atom stereocenters. The van der Waals surface area contributed by atoms with Gasteiger partial charge >= 0.3 is 5.97 Å². The van der Waals surface area contributed by atoms with E-state index >= 15 is 0 Å². The fraction of sp³-hybridized carbons (Fsp3) is 0.370. The molecule has 0 fully saturated rings. The van der Waals surface area contributed by atoms with Gasteiger partial charge < -0.3 is 15.2 Å². The summed E-state index contributed by atoms with van der Waals surface area (Å²) in [6, 6.07) is 16.4. The van der Waals surface area contributed by atoms with E-state index in [0.29, 0.717) is 13.2 Å². The van der Waals surface area contributed by atoms with E-state index in [-0.39, 0.29) is 12.3 Å². The van der Waals surface area contributed by atoms with Crippen LogP contribution in [0.5, 0.6) is 5.75 Å². The third kappa shape index (κ3) is 6.17. The fourth-order valence-electron chi connectivity index (χ4n) is 4.32. The number of aromatic nitrogens is 2. The van der Waals surface area contributed by atoms with Gasteiger partial charge in [0, 0.05) is 18.3 Å². The largest absolute Gasteiger partial charge is 0.494 e. The van der Waals surface area contributed by atoms with Crippen molar-refractivity contribution in [1.82, 2.24) is 15.3 Å². The molecule has 2 N–H and O–H groups in total. The summed E-state index contributed by atoms with van der Waals surface area (Å²) in [4.78, 5) is 20.1. The van der Waals surface area contributed by atoms with E-state index < -0.39 is 5.97 Å². The number of nitrogens with zero attached hydrogens (tertiary/aromatic N) is 2. The Kier molecular flexibility index (Phi) is 7.68. The van der Waals surface area contributed by atoms with Gasteiger partial charge in [0.15, 0.2) is 5.82 Å². The van der Waals surface area contributed by atoms with E-state index in [1.807, 2.05) is 24.4 Å². The van der Waals surface area contributed by atoms with Crippen LogP contribution in [0, 0.1) is 0 Å². The Morgan fingerprint density at radius 3 is 2.82 bits per heavy atom. The Bertz CT molecular complexity index is 1080. The quantitative estimate of drug-likeness (QED) is 0.414. The molecular weight excluding hydrogens is 414 g/mol. The number of benzene rings is 2. The van der Waals surface area contributed by atoms with Gasteiger partial charge in [-0.25, -0.2) is 9.97 Å². The molecule has 0 amide bonds. The van der Waals surface area contributed by atoms with Crippen molar-refractivity contribution in [2.45, 2.75) is 51.5 Å². The summed E-state index contributed by atoms with van der Waals surface area (Å²) in [5.41, 5.74) is 5.69. The van der Waals surface area contributed by atoms with Gasteiger partial charge in [-0.15, -0.1) is 0 Å². The van der Waals surface area contributed by atoms with Gasteiger partial charge in [0.1, 0.15) is 5.75 Å². The number of aliphatic carboxylic acids is 1. The third-order valence-electron chi connectivity index (χ3n) is 6.14. The highest BCUT2D eigenvalue weighted by Gasteiger charge is 2.24. The zero-order chi connectivity index (χ0) is 23.0. The van der Waals surface area contributed by atoms with Crippen molar-refractivity contribution >= 4 is 5.97 Å². The van der Waals surface area contributed by atoms with Crippen LogP contribution in [0.25, 0.3) is 11.4 Å². The minimum atomic E-state index is -0.732. The highest BCUT2D eigenvalue weighted by atomic mass is 16.5. The van der Waals surface area contributed by atoms with Gasteiger partial charge in [0.25, 0.3) is 0 Å². The van der Waals surface area contributed by atoms with Crippen LogP contribution in [-0.2, 0) is 24.2 Å². The molecule has 0 bridgehead atoms. The second kappa shape index (κ2) is 11.1. The second-order valence-electron chi connectivity index (χ2n) is 8.49. The van der Waals surface area contributed by atoms with Crippen molar-refractivity contribution in [3.63, 3.8) is 0 Å². The molecule has 33 heavy (non-hydrogen) atoms. The number of carbonyl (C=O) groups is 1. The number of ether oxygens (including phenoxy) is 1. The lowest BCUT2D eigenvalue weighted by Gasteiger charge is -2.11. The summed E-state index contributed by atoms with van der Waals surface area (Å²) in [5.74, 6) is 1.01. The molecule has 0 radical (unpaired) electrons. The van der Waals surface area contributed by atoms with Gasteiger partial charge in [-0.2, -0.15) is 0 Å². The smallest absolute Gasteiger partial charge is 0.303 e. The number of hydrogen-bond donors (Lipinski definition) is 2. The van der Waals surface area contributed by atoms with Gasteiger partial charge in [-0.05, 0) is 73.0 Å². The predicted molar refractivity (Wildman–Crippen MR) is 128 cm³/mol. The van der Waals surface area contributed by atoms with Gasteiger partial charge in [-0.3, -0.25) is 4.79 Å². The zero-order valence-electron chi connectivity index (χ0n) is 19.1. The molecule has 1 aliphatic carbocycles. The average Bonchev–Trinajstić information content (AvgIpc) is 3.23. The molecular formula is C27H31N3O3. The monoisotopic (exact) mass is 445 g/mol. The first kappa shape index (κ1) is 22.9. The zero-order valence-corrected chi connectivity index (χ0v) is 19.1. The molecule has 0 saturated heterocycles. The van der Waals surface area contributed by atoms with E-state index in [2.05, 4.69) is 52.5 Å². The van der Waals surface area contributed by atoms with E-state index in [9.17, 15) is 4.79 Å². The summed E-state index contributed by atoms with van der Waals surface area (Å²) in [6.07, 6.45) is 5.76. The summed E-state index contributed by atoms with van der Waals surface area (Å²) in [7, 11) is 0. The van der Waals surface area contributed by atoms with E-state index in [1.165, 1.54) is 11.1 Å². The first-order chi connectivity index (χ1) is 16.1. The molecule has 1 atom stereocenters. The number of rotatable bonds is 11. The normalized spacial score (nSPS) is 14.8. The highest BCUT2D eigenvalue weighted by Crippen LogP contribution is 2.37. The molecule has 0 spiro atoms. The van der Waals surface area contributed by atoms with Crippen LogP contribution < -0.4 is 10.1 Å². The number of carboxylic acids is 1. The average molecular weight is 446 g/mol. The fourth-order valence-corrected chi connectivity index (χ4v) is 4.32. The predicted octanol–water partition coefficient (Wildman–Crippen LogP) is 4.77. The maximum absolute atomic E-state index is 11.0. The first-order valence-electron chi connectivity index (χ1n) is 11.7. The molecule has 0 saturated carbocycles. The molecule has 1 aromatic heterocycles. The van der Waals surface area contributed by atoms with Crippen molar-refractivity contribution in [3.8, 4) is 17.1 Å². The van der Waals surface area contributed by atoms with Crippen molar-refractivity contribution in [2.75, 3.05) is 13.2 Å². The lowest BCUT2D eigenvalue weighted by atomic mass is 9.98. The number of aryl methyl sites for hydroxylation is 2. The lowest BCUT2D eigenvalue weighted by molar-refractivity contribution is -0.137. The van der Waals surface area contributed by atoms with E-state index in [4.69, 9.17) is 9.84 Å². The Balaban J connectivity index is 1.19. The molecule has 0 aliphatic heterocycles. The molecule has 1 heterocycles. The van der Waals surface area contributed by atoms with Crippen LogP contribution >= 0.6 is 0 Å². The Morgan fingerprint density at radius 1 is 1.18 bits per heavy atom. The molecule has 1 aliphatic rings. The molecule has 2 aromatic carbocycles.